The summed E-state index contributed by atoms with van der Waals surface area (Å²) in [4.78, 5) is 34.3. The van der Waals surface area contributed by atoms with Gasteiger partial charge in [-0.2, -0.15) is 0 Å². The van der Waals surface area contributed by atoms with Crippen molar-refractivity contribution in [2.24, 2.45) is 0 Å². The van der Waals surface area contributed by atoms with Crippen LogP contribution in [-0.2, 0) is 22.8 Å². The summed E-state index contributed by atoms with van der Waals surface area (Å²) in [6.07, 6.45) is 11.3. The van der Waals surface area contributed by atoms with Crippen molar-refractivity contribution in [1.82, 2.24) is 0 Å². The Balaban J connectivity index is 4.84. The van der Waals surface area contributed by atoms with Crippen LogP contribution >= 0.6 is 0 Å². The van der Waals surface area contributed by atoms with E-state index in [9.17, 15) is 14.4 Å². The Labute approximate surface area is 138 Å². The van der Waals surface area contributed by atoms with E-state index in [1.165, 1.54) is 36.5 Å². The van der Waals surface area contributed by atoms with Crippen LogP contribution in [0.2, 0.25) is 0 Å². The van der Waals surface area contributed by atoms with Crippen LogP contribution in [0.25, 0.3) is 0 Å². The van der Waals surface area contributed by atoms with Crippen LogP contribution in [0.1, 0.15) is 0 Å². The van der Waals surface area contributed by atoms with Gasteiger partial charge in [0, 0.05) is 0 Å². The molecule has 0 amide bonds. The average Bonchev–Trinajstić information content (AvgIpc) is 2.48. The zero-order valence-electron chi connectivity index (χ0n) is 11.7. The van der Waals surface area contributed by atoms with Crippen LogP contribution in [0.3, 0.4) is 0 Å². The summed E-state index contributed by atoms with van der Waals surface area (Å²) in [5, 5.41) is 0. The van der Waals surface area contributed by atoms with E-state index in [0.717, 1.165) is 18.2 Å². The van der Waals surface area contributed by atoms with Gasteiger partial charge in [0.1, 0.15) is 0 Å². The first-order valence-corrected chi connectivity index (χ1v) is 10.1. The topological polar surface area (TPSA) is 78.9 Å². The third-order valence-electron chi connectivity index (χ3n) is 1.60. The Bertz CT molecular complexity index is 454. The SMILES string of the molecule is C=CC=CC(=O)[O][Bi]([O]C(=O)C=CC=C)[O]C(=O)C=CC=C. The van der Waals surface area contributed by atoms with E-state index in [0.29, 0.717) is 0 Å². The van der Waals surface area contributed by atoms with Crippen molar-refractivity contribution in [2.45, 2.75) is 0 Å². The summed E-state index contributed by atoms with van der Waals surface area (Å²) in [6.45, 7) is 10.2. The molecule has 0 rings (SSSR count). The first-order chi connectivity index (χ1) is 10.5. The predicted molar refractivity (Wildman–Crippen MR) is 82.0 cm³/mol. The first kappa shape index (κ1) is 19.7. The fourth-order valence-corrected chi connectivity index (χ4v) is 3.67. The Hall–Kier alpha value is -2.27. The summed E-state index contributed by atoms with van der Waals surface area (Å²) in [7, 11) is 0. The number of allylic oxidation sites excluding steroid dienone is 6. The van der Waals surface area contributed by atoms with Gasteiger partial charge in [0.05, 0.1) is 0 Å². The van der Waals surface area contributed by atoms with Gasteiger partial charge in [0.2, 0.25) is 0 Å². The van der Waals surface area contributed by atoms with Crippen LogP contribution in [0.5, 0.6) is 0 Å². The van der Waals surface area contributed by atoms with E-state index < -0.39 is 41.0 Å². The van der Waals surface area contributed by atoms with E-state index in [1.54, 1.807) is 0 Å². The van der Waals surface area contributed by atoms with Crippen molar-refractivity contribution >= 4 is 41.0 Å². The molecule has 0 aromatic rings. The van der Waals surface area contributed by atoms with Crippen molar-refractivity contribution in [3.8, 4) is 0 Å². The molecule has 0 bridgehead atoms. The molecule has 0 aliphatic heterocycles. The second kappa shape index (κ2) is 12.5. The Kier molecular flexibility index (Phi) is 11.2. The molecule has 0 aromatic heterocycles. The van der Waals surface area contributed by atoms with Gasteiger partial charge < -0.3 is 0 Å². The standard InChI is InChI=1S/3C5H6O2.Bi/c3*1-2-3-4-5(6)7;/h3*2-4H,1H2,(H,6,7);/q;;;+3/p-3. The third-order valence-corrected chi connectivity index (χ3v) is 5.44. The molecule has 6 nitrogen and oxygen atoms in total. The van der Waals surface area contributed by atoms with Gasteiger partial charge in [-0.25, -0.2) is 0 Å². The number of carbonyl (C=O) groups is 3. The second-order valence-corrected chi connectivity index (χ2v) is 7.11. The van der Waals surface area contributed by atoms with Crippen LogP contribution in [0.4, 0.5) is 0 Å². The van der Waals surface area contributed by atoms with Gasteiger partial charge in [-0.3, -0.25) is 0 Å². The molecule has 0 radical (unpaired) electrons. The van der Waals surface area contributed by atoms with E-state index in [4.69, 9.17) is 8.44 Å². The van der Waals surface area contributed by atoms with Crippen LogP contribution in [-0.4, -0.2) is 41.0 Å². The molecule has 0 heterocycles. The maximum atomic E-state index is 11.4. The number of hydrogen-bond donors (Lipinski definition) is 0. The fourth-order valence-electron chi connectivity index (χ4n) is 0.807. The van der Waals surface area contributed by atoms with E-state index in [2.05, 4.69) is 19.7 Å². The molecule has 0 spiro atoms. The second-order valence-electron chi connectivity index (χ2n) is 3.24. The molecule has 0 aliphatic rings. The van der Waals surface area contributed by atoms with Gasteiger partial charge in [-0.15, -0.1) is 0 Å². The van der Waals surface area contributed by atoms with Crippen molar-refractivity contribution in [3.05, 3.63) is 74.4 Å². The van der Waals surface area contributed by atoms with Gasteiger partial charge in [-0.1, -0.05) is 0 Å². The molecule has 0 saturated carbocycles. The minimum atomic E-state index is -4.05. The Morgan fingerprint density at radius 3 is 1.14 bits per heavy atom. The zero-order valence-corrected chi connectivity index (χ0v) is 15.2. The van der Waals surface area contributed by atoms with E-state index in [-0.39, 0.29) is 0 Å². The average molecular weight is 500 g/mol. The van der Waals surface area contributed by atoms with Gasteiger partial charge in [-0.05, 0) is 0 Å². The summed E-state index contributed by atoms with van der Waals surface area (Å²) in [6, 6.07) is 0. The number of rotatable bonds is 9. The van der Waals surface area contributed by atoms with Gasteiger partial charge in [0.25, 0.3) is 0 Å². The van der Waals surface area contributed by atoms with Crippen molar-refractivity contribution in [2.75, 3.05) is 0 Å². The van der Waals surface area contributed by atoms with Crippen LogP contribution in [0.15, 0.2) is 74.4 Å². The molecule has 0 N–H and O–H groups in total. The van der Waals surface area contributed by atoms with Crippen LogP contribution < -0.4 is 0 Å². The zero-order chi connectivity index (χ0) is 16.8. The quantitative estimate of drug-likeness (QED) is 0.273. The van der Waals surface area contributed by atoms with Crippen molar-refractivity contribution < 1.29 is 22.8 Å². The normalized spacial score (nSPS) is 10.8. The summed E-state index contributed by atoms with van der Waals surface area (Å²) in [5.74, 6) is -2.38. The molecule has 0 aliphatic carbocycles. The Morgan fingerprint density at radius 2 is 0.909 bits per heavy atom. The molecule has 22 heavy (non-hydrogen) atoms. The number of hydrogen-bond acceptors (Lipinski definition) is 6. The predicted octanol–water partition coefficient (Wildman–Crippen LogP) is 1.83. The minimum absolute atomic E-state index is 0.793. The summed E-state index contributed by atoms with van der Waals surface area (Å²) >= 11 is -4.05. The Morgan fingerprint density at radius 1 is 0.636 bits per heavy atom. The molecule has 0 fully saturated rings. The summed E-state index contributed by atoms with van der Waals surface area (Å²) in [5.41, 5.74) is 0. The third kappa shape index (κ3) is 10.5. The molecule has 0 saturated heterocycles. The monoisotopic (exact) mass is 500 g/mol. The summed E-state index contributed by atoms with van der Waals surface area (Å²) < 4.78 is 14.6. The first-order valence-electron chi connectivity index (χ1n) is 5.86. The van der Waals surface area contributed by atoms with Crippen molar-refractivity contribution in [1.29, 1.82) is 0 Å². The molecule has 0 aromatic carbocycles. The van der Waals surface area contributed by atoms with E-state index in [1.807, 2.05) is 0 Å². The number of carbonyl (C=O) groups excluding carboxylic acids is 3. The molecule has 0 unspecified atom stereocenters. The fraction of sp³-hybridized carbons (Fsp3) is 0. The molecular formula is C15H15BiO6. The molecule has 0 atom stereocenters. The molecule has 7 heteroatoms. The maximum absolute atomic E-state index is 11.4. The van der Waals surface area contributed by atoms with Gasteiger partial charge in [0.15, 0.2) is 0 Å². The molecular weight excluding hydrogens is 485 g/mol. The molecule has 116 valence electrons. The van der Waals surface area contributed by atoms with Gasteiger partial charge >= 0.3 is 138 Å². The van der Waals surface area contributed by atoms with E-state index >= 15 is 0 Å². The van der Waals surface area contributed by atoms with Crippen molar-refractivity contribution in [3.63, 3.8) is 0 Å². The van der Waals surface area contributed by atoms with Crippen LogP contribution in [0, 0.1) is 0 Å².